The van der Waals surface area contributed by atoms with Crippen LogP contribution < -0.4 is 5.73 Å². The van der Waals surface area contributed by atoms with E-state index in [2.05, 4.69) is 61.5 Å². The summed E-state index contributed by atoms with van der Waals surface area (Å²) in [5.41, 5.74) is 10.2. The van der Waals surface area contributed by atoms with Gasteiger partial charge >= 0.3 is 0 Å². The molecule has 0 aliphatic carbocycles. The van der Waals surface area contributed by atoms with E-state index in [4.69, 9.17) is 5.73 Å². The zero-order valence-electron chi connectivity index (χ0n) is 11.0. The molecule has 0 saturated carbocycles. The molecule has 2 aromatic rings. The van der Waals surface area contributed by atoms with Crippen molar-refractivity contribution in [1.29, 1.82) is 0 Å². The molecule has 1 nitrogen and oxygen atoms in total. The lowest BCUT2D eigenvalue weighted by molar-refractivity contribution is 0.609. The Kier molecular flexibility index (Phi) is 4.54. The zero-order valence-corrected chi connectivity index (χ0v) is 11.0. The van der Waals surface area contributed by atoms with E-state index in [1.807, 2.05) is 0 Å². The average molecular weight is 239 g/mol. The standard InChI is InChI=1S/C17H21N/c1-14-8-5-6-12-16(14)17(18)13-7-11-15-9-3-2-4-10-15/h2-6,8-10,12,17H,7,11,13,18H2,1H3. The van der Waals surface area contributed by atoms with Gasteiger partial charge in [-0.05, 0) is 42.9 Å². The molecule has 0 aliphatic heterocycles. The van der Waals surface area contributed by atoms with Crippen LogP contribution in [0.25, 0.3) is 0 Å². The molecule has 0 saturated heterocycles. The first-order valence-electron chi connectivity index (χ1n) is 6.62. The second-order valence-corrected chi connectivity index (χ2v) is 4.84. The van der Waals surface area contributed by atoms with E-state index in [1.165, 1.54) is 16.7 Å². The summed E-state index contributed by atoms with van der Waals surface area (Å²) in [6.07, 6.45) is 3.29. The largest absolute Gasteiger partial charge is 0.324 e. The molecular weight excluding hydrogens is 218 g/mol. The van der Waals surface area contributed by atoms with Crippen LogP contribution in [0.3, 0.4) is 0 Å². The maximum atomic E-state index is 6.26. The first kappa shape index (κ1) is 12.8. The van der Waals surface area contributed by atoms with E-state index in [1.54, 1.807) is 0 Å². The highest BCUT2D eigenvalue weighted by molar-refractivity contribution is 5.28. The molecule has 2 N–H and O–H groups in total. The van der Waals surface area contributed by atoms with Crippen LogP contribution in [0.2, 0.25) is 0 Å². The van der Waals surface area contributed by atoms with Gasteiger partial charge in [-0.2, -0.15) is 0 Å². The van der Waals surface area contributed by atoms with E-state index < -0.39 is 0 Å². The minimum atomic E-state index is 0.162. The van der Waals surface area contributed by atoms with E-state index >= 15 is 0 Å². The fraction of sp³-hybridized carbons (Fsp3) is 0.294. The summed E-state index contributed by atoms with van der Waals surface area (Å²) >= 11 is 0. The molecule has 0 bridgehead atoms. The molecule has 0 aromatic heterocycles. The van der Waals surface area contributed by atoms with E-state index in [0.29, 0.717) is 0 Å². The predicted molar refractivity (Wildman–Crippen MR) is 77.5 cm³/mol. The van der Waals surface area contributed by atoms with Crippen LogP contribution >= 0.6 is 0 Å². The van der Waals surface area contributed by atoms with Crippen molar-refractivity contribution in [3.8, 4) is 0 Å². The Morgan fingerprint density at radius 3 is 2.33 bits per heavy atom. The highest BCUT2D eigenvalue weighted by Gasteiger charge is 2.07. The molecule has 2 aromatic carbocycles. The van der Waals surface area contributed by atoms with E-state index in [9.17, 15) is 0 Å². The number of rotatable bonds is 5. The third-order valence-corrected chi connectivity index (χ3v) is 3.41. The quantitative estimate of drug-likeness (QED) is 0.838. The van der Waals surface area contributed by atoms with E-state index in [0.717, 1.165) is 19.3 Å². The van der Waals surface area contributed by atoms with Crippen molar-refractivity contribution in [2.75, 3.05) is 0 Å². The smallest absolute Gasteiger partial charge is 0.0297 e. The SMILES string of the molecule is Cc1ccccc1C(N)CCCc1ccccc1. The number of hydrogen-bond donors (Lipinski definition) is 1. The Bertz CT molecular complexity index is 476. The molecule has 0 amide bonds. The lowest BCUT2D eigenvalue weighted by Crippen LogP contribution is -2.11. The van der Waals surface area contributed by atoms with Crippen LogP contribution in [0.4, 0.5) is 0 Å². The predicted octanol–water partition coefficient (Wildman–Crippen LogP) is 4.02. The fourth-order valence-electron chi connectivity index (χ4n) is 2.33. The first-order chi connectivity index (χ1) is 8.77. The minimum absolute atomic E-state index is 0.162. The summed E-state index contributed by atoms with van der Waals surface area (Å²) < 4.78 is 0. The molecule has 94 valence electrons. The van der Waals surface area contributed by atoms with Gasteiger partial charge in [0.25, 0.3) is 0 Å². The summed E-state index contributed by atoms with van der Waals surface area (Å²) in [6.45, 7) is 2.13. The Labute approximate surface area is 110 Å². The van der Waals surface area contributed by atoms with Gasteiger partial charge in [0, 0.05) is 6.04 Å². The van der Waals surface area contributed by atoms with Crippen LogP contribution in [0.5, 0.6) is 0 Å². The van der Waals surface area contributed by atoms with Crippen molar-refractivity contribution < 1.29 is 0 Å². The molecule has 0 aliphatic rings. The van der Waals surface area contributed by atoms with Gasteiger partial charge in [0.2, 0.25) is 0 Å². The van der Waals surface area contributed by atoms with Crippen molar-refractivity contribution in [2.45, 2.75) is 32.2 Å². The highest BCUT2D eigenvalue weighted by Crippen LogP contribution is 2.20. The second kappa shape index (κ2) is 6.36. The molecule has 1 unspecified atom stereocenters. The van der Waals surface area contributed by atoms with Crippen LogP contribution in [0, 0.1) is 6.92 Å². The number of aryl methyl sites for hydroxylation is 2. The summed E-state index contributed by atoms with van der Waals surface area (Å²) in [4.78, 5) is 0. The zero-order chi connectivity index (χ0) is 12.8. The lowest BCUT2D eigenvalue weighted by Gasteiger charge is -2.14. The van der Waals surface area contributed by atoms with Gasteiger partial charge in [-0.3, -0.25) is 0 Å². The summed E-state index contributed by atoms with van der Waals surface area (Å²) in [6, 6.07) is 19.2. The molecule has 0 heterocycles. The third-order valence-electron chi connectivity index (χ3n) is 3.41. The molecule has 18 heavy (non-hydrogen) atoms. The van der Waals surface area contributed by atoms with Gasteiger partial charge < -0.3 is 5.73 Å². The maximum absolute atomic E-state index is 6.26. The summed E-state index contributed by atoms with van der Waals surface area (Å²) in [7, 11) is 0. The molecule has 2 rings (SSSR count). The van der Waals surface area contributed by atoms with E-state index in [-0.39, 0.29) is 6.04 Å². The van der Waals surface area contributed by atoms with Gasteiger partial charge in [0.15, 0.2) is 0 Å². The molecule has 0 fully saturated rings. The van der Waals surface area contributed by atoms with Gasteiger partial charge in [-0.1, -0.05) is 54.6 Å². The Balaban J connectivity index is 1.86. The van der Waals surface area contributed by atoms with Gasteiger partial charge in [0.05, 0.1) is 0 Å². The highest BCUT2D eigenvalue weighted by atomic mass is 14.6. The van der Waals surface area contributed by atoms with Crippen LogP contribution in [0.15, 0.2) is 54.6 Å². The van der Waals surface area contributed by atoms with Gasteiger partial charge in [0.1, 0.15) is 0 Å². The summed E-state index contributed by atoms with van der Waals surface area (Å²) in [5.74, 6) is 0. The molecular formula is C17H21N. The number of nitrogens with two attached hydrogens (primary N) is 1. The van der Waals surface area contributed by atoms with Crippen molar-refractivity contribution in [3.05, 3.63) is 71.3 Å². The van der Waals surface area contributed by atoms with Gasteiger partial charge in [-0.25, -0.2) is 0 Å². The monoisotopic (exact) mass is 239 g/mol. The van der Waals surface area contributed by atoms with Crippen molar-refractivity contribution in [2.24, 2.45) is 5.73 Å². The van der Waals surface area contributed by atoms with Crippen molar-refractivity contribution in [3.63, 3.8) is 0 Å². The topological polar surface area (TPSA) is 26.0 Å². The fourth-order valence-corrected chi connectivity index (χ4v) is 2.33. The number of hydrogen-bond acceptors (Lipinski definition) is 1. The average Bonchev–Trinajstić information content (AvgIpc) is 2.40. The Morgan fingerprint density at radius 1 is 0.944 bits per heavy atom. The van der Waals surface area contributed by atoms with Crippen LogP contribution in [-0.2, 0) is 6.42 Å². The first-order valence-corrected chi connectivity index (χ1v) is 6.62. The Hall–Kier alpha value is -1.60. The minimum Gasteiger partial charge on any atom is -0.324 e. The van der Waals surface area contributed by atoms with Crippen LogP contribution in [0.1, 0.15) is 35.6 Å². The molecule has 1 atom stereocenters. The Morgan fingerprint density at radius 2 is 1.61 bits per heavy atom. The molecule has 0 spiro atoms. The van der Waals surface area contributed by atoms with Crippen molar-refractivity contribution >= 4 is 0 Å². The molecule has 1 heteroatoms. The van der Waals surface area contributed by atoms with Crippen LogP contribution in [-0.4, -0.2) is 0 Å². The summed E-state index contributed by atoms with van der Waals surface area (Å²) in [5, 5.41) is 0. The lowest BCUT2D eigenvalue weighted by atomic mass is 9.96. The van der Waals surface area contributed by atoms with Gasteiger partial charge in [-0.15, -0.1) is 0 Å². The maximum Gasteiger partial charge on any atom is 0.0297 e. The third kappa shape index (κ3) is 3.44. The van der Waals surface area contributed by atoms with Crippen molar-refractivity contribution in [1.82, 2.24) is 0 Å². The molecule has 0 radical (unpaired) electrons. The number of benzene rings is 2. The normalized spacial score (nSPS) is 12.3. The second-order valence-electron chi connectivity index (χ2n) is 4.84.